The van der Waals surface area contributed by atoms with E-state index in [4.69, 9.17) is 4.74 Å². The highest BCUT2D eigenvalue weighted by Crippen LogP contribution is 2.27. The summed E-state index contributed by atoms with van der Waals surface area (Å²) in [4.78, 5) is 42.3. The smallest absolute Gasteiger partial charge is 0.408 e. The lowest BCUT2D eigenvalue weighted by Crippen LogP contribution is -2.56. The molecule has 1 aromatic rings. The number of alkyl carbamates (subject to hydrolysis) is 1. The Labute approximate surface area is 229 Å². The van der Waals surface area contributed by atoms with Crippen molar-refractivity contribution in [2.24, 2.45) is 5.92 Å². The molecule has 3 amide bonds. The van der Waals surface area contributed by atoms with Crippen molar-refractivity contribution in [1.82, 2.24) is 15.5 Å². The van der Waals surface area contributed by atoms with Crippen molar-refractivity contribution in [1.29, 1.82) is 0 Å². The SMILES string of the molecule is CCCCCCCN(C(=O)C(NC(=O)OC(C)(C)C)C(C)CC)C(C(=O)NC(C)(C)C)c1ccc(O)cc1. The third kappa shape index (κ3) is 11.7. The largest absolute Gasteiger partial charge is 0.508 e. The summed E-state index contributed by atoms with van der Waals surface area (Å²) in [6.45, 7) is 17.4. The number of aromatic hydroxyl groups is 1. The Morgan fingerprint density at radius 1 is 0.947 bits per heavy atom. The Bertz CT molecular complexity index is 887. The molecule has 0 spiro atoms. The Morgan fingerprint density at radius 2 is 1.53 bits per heavy atom. The molecule has 3 unspecified atom stereocenters. The van der Waals surface area contributed by atoms with Crippen LogP contribution in [0.15, 0.2) is 24.3 Å². The van der Waals surface area contributed by atoms with Crippen LogP contribution in [0.5, 0.6) is 5.75 Å². The number of amides is 3. The highest BCUT2D eigenvalue weighted by Gasteiger charge is 2.38. The Balaban J connectivity index is 3.51. The van der Waals surface area contributed by atoms with Crippen molar-refractivity contribution in [2.75, 3.05) is 6.54 Å². The summed E-state index contributed by atoms with van der Waals surface area (Å²) in [5.74, 6) is -0.762. The maximum atomic E-state index is 14.2. The van der Waals surface area contributed by atoms with Crippen LogP contribution in [0.4, 0.5) is 4.79 Å². The molecular formula is C30H51N3O5. The second-order valence-electron chi connectivity index (χ2n) is 12.2. The van der Waals surface area contributed by atoms with Crippen LogP contribution >= 0.6 is 0 Å². The minimum Gasteiger partial charge on any atom is -0.508 e. The molecule has 216 valence electrons. The van der Waals surface area contributed by atoms with Gasteiger partial charge in [0, 0.05) is 12.1 Å². The van der Waals surface area contributed by atoms with Gasteiger partial charge in [-0.1, -0.05) is 65.0 Å². The quantitative estimate of drug-likeness (QED) is 0.266. The second kappa shape index (κ2) is 15.0. The number of phenolic OH excluding ortho intramolecular Hbond substituents is 1. The van der Waals surface area contributed by atoms with E-state index >= 15 is 0 Å². The summed E-state index contributed by atoms with van der Waals surface area (Å²) in [7, 11) is 0. The zero-order valence-corrected chi connectivity index (χ0v) is 25.0. The van der Waals surface area contributed by atoms with Crippen molar-refractivity contribution in [3.8, 4) is 5.75 Å². The van der Waals surface area contributed by atoms with Gasteiger partial charge in [0.2, 0.25) is 11.8 Å². The van der Waals surface area contributed by atoms with Gasteiger partial charge in [-0.2, -0.15) is 0 Å². The number of carbonyl (C=O) groups is 3. The molecule has 1 rings (SSSR count). The van der Waals surface area contributed by atoms with Crippen LogP contribution in [-0.2, 0) is 14.3 Å². The summed E-state index contributed by atoms with van der Waals surface area (Å²) >= 11 is 0. The van der Waals surface area contributed by atoms with Crippen molar-refractivity contribution in [3.63, 3.8) is 0 Å². The van der Waals surface area contributed by atoms with Gasteiger partial charge in [-0.15, -0.1) is 0 Å². The van der Waals surface area contributed by atoms with E-state index in [0.717, 1.165) is 32.1 Å². The number of nitrogens with one attached hydrogen (secondary N) is 2. The first kappa shape index (κ1) is 33.3. The number of ether oxygens (including phenoxy) is 1. The number of rotatable bonds is 13. The van der Waals surface area contributed by atoms with Crippen molar-refractivity contribution >= 4 is 17.9 Å². The first-order chi connectivity index (χ1) is 17.6. The van der Waals surface area contributed by atoms with E-state index in [2.05, 4.69) is 17.6 Å². The van der Waals surface area contributed by atoms with E-state index in [1.165, 1.54) is 12.1 Å². The lowest BCUT2D eigenvalue weighted by Gasteiger charge is -2.37. The summed E-state index contributed by atoms with van der Waals surface area (Å²) in [6, 6.07) is 4.56. The molecule has 0 saturated carbocycles. The summed E-state index contributed by atoms with van der Waals surface area (Å²) in [6.07, 6.45) is 4.88. The van der Waals surface area contributed by atoms with Gasteiger partial charge in [0.1, 0.15) is 23.4 Å². The van der Waals surface area contributed by atoms with E-state index in [0.29, 0.717) is 18.5 Å². The maximum absolute atomic E-state index is 14.2. The number of hydrogen-bond donors (Lipinski definition) is 3. The third-order valence-corrected chi connectivity index (χ3v) is 6.20. The first-order valence-electron chi connectivity index (χ1n) is 14.0. The standard InChI is InChI=1S/C30H51N3O5/c1-10-12-13-14-15-20-33(27(36)24(21(3)11-2)31-28(37)38-30(7,8)9)25(26(35)32-29(4,5)6)22-16-18-23(34)19-17-22/h16-19,21,24-25,34H,10-15,20H2,1-9H3,(H,31,37)(H,32,35). The molecule has 0 aliphatic carbocycles. The second-order valence-corrected chi connectivity index (χ2v) is 12.2. The molecule has 0 fully saturated rings. The first-order valence-corrected chi connectivity index (χ1v) is 14.0. The average molecular weight is 534 g/mol. The van der Waals surface area contributed by atoms with Crippen LogP contribution in [0.3, 0.4) is 0 Å². The molecule has 8 heteroatoms. The molecule has 0 aliphatic heterocycles. The van der Waals surface area contributed by atoms with Gasteiger partial charge in [-0.3, -0.25) is 9.59 Å². The van der Waals surface area contributed by atoms with Gasteiger partial charge >= 0.3 is 6.09 Å². The predicted molar refractivity (Wildman–Crippen MR) is 152 cm³/mol. The van der Waals surface area contributed by atoms with Crippen molar-refractivity contribution in [3.05, 3.63) is 29.8 Å². The van der Waals surface area contributed by atoms with Gasteiger partial charge in [-0.05, 0) is 71.6 Å². The third-order valence-electron chi connectivity index (χ3n) is 6.20. The zero-order chi connectivity index (χ0) is 29.1. The van der Waals surface area contributed by atoms with Crippen molar-refractivity contribution in [2.45, 2.75) is 124 Å². The highest BCUT2D eigenvalue weighted by molar-refractivity contribution is 5.92. The van der Waals surface area contributed by atoms with Gasteiger partial charge in [0.25, 0.3) is 0 Å². The van der Waals surface area contributed by atoms with Crippen LogP contribution in [0, 0.1) is 5.92 Å². The van der Waals surface area contributed by atoms with Crippen LogP contribution in [0.25, 0.3) is 0 Å². The number of carbonyl (C=O) groups excluding carboxylic acids is 3. The van der Waals surface area contributed by atoms with Crippen LogP contribution < -0.4 is 10.6 Å². The molecule has 38 heavy (non-hydrogen) atoms. The van der Waals surface area contributed by atoms with E-state index in [1.807, 2.05) is 34.6 Å². The highest BCUT2D eigenvalue weighted by atomic mass is 16.6. The molecule has 0 aliphatic rings. The number of benzene rings is 1. The van der Waals surface area contributed by atoms with E-state index in [-0.39, 0.29) is 23.5 Å². The summed E-state index contributed by atoms with van der Waals surface area (Å²) in [5, 5.41) is 15.7. The Morgan fingerprint density at radius 3 is 2.03 bits per heavy atom. The van der Waals surface area contributed by atoms with E-state index in [9.17, 15) is 19.5 Å². The molecule has 3 atom stereocenters. The molecule has 8 nitrogen and oxygen atoms in total. The molecule has 0 radical (unpaired) electrons. The van der Waals surface area contributed by atoms with E-state index < -0.39 is 29.3 Å². The monoisotopic (exact) mass is 533 g/mol. The number of unbranched alkanes of at least 4 members (excludes halogenated alkanes) is 4. The minimum absolute atomic E-state index is 0.0743. The van der Waals surface area contributed by atoms with Crippen molar-refractivity contribution < 1.29 is 24.2 Å². The van der Waals surface area contributed by atoms with Gasteiger partial charge in [0.15, 0.2) is 0 Å². The maximum Gasteiger partial charge on any atom is 0.408 e. The van der Waals surface area contributed by atoms with Gasteiger partial charge in [-0.25, -0.2) is 4.79 Å². The minimum atomic E-state index is -0.930. The van der Waals surface area contributed by atoms with Crippen LogP contribution in [0.2, 0.25) is 0 Å². The zero-order valence-electron chi connectivity index (χ0n) is 25.0. The topological polar surface area (TPSA) is 108 Å². The predicted octanol–water partition coefficient (Wildman–Crippen LogP) is 6.09. The Kier molecular flexibility index (Phi) is 13.1. The molecule has 0 aromatic heterocycles. The summed E-state index contributed by atoms with van der Waals surface area (Å²) < 4.78 is 5.46. The molecule has 0 saturated heterocycles. The van der Waals surface area contributed by atoms with Crippen LogP contribution in [0.1, 0.15) is 112 Å². The fourth-order valence-electron chi connectivity index (χ4n) is 4.12. The molecular weight excluding hydrogens is 482 g/mol. The average Bonchev–Trinajstić information content (AvgIpc) is 2.79. The lowest BCUT2D eigenvalue weighted by atomic mass is 9.95. The molecule has 0 heterocycles. The van der Waals surface area contributed by atoms with Gasteiger partial charge in [0.05, 0.1) is 0 Å². The molecule has 1 aromatic carbocycles. The van der Waals surface area contributed by atoms with Crippen LogP contribution in [-0.4, -0.2) is 51.6 Å². The summed E-state index contributed by atoms with van der Waals surface area (Å²) in [5.41, 5.74) is -0.646. The van der Waals surface area contributed by atoms with Gasteiger partial charge < -0.3 is 25.4 Å². The number of nitrogens with zero attached hydrogens (tertiary/aromatic N) is 1. The Hall–Kier alpha value is -2.77. The normalized spacial score (nSPS) is 14.2. The fourth-order valence-corrected chi connectivity index (χ4v) is 4.12. The van der Waals surface area contributed by atoms with E-state index in [1.54, 1.807) is 37.8 Å². The molecule has 0 bridgehead atoms. The number of hydrogen-bond acceptors (Lipinski definition) is 5. The lowest BCUT2D eigenvalue weighted by molar-refractivity contribution is -0.144. The fraction of sp³-hybridized carbons (Fsp3) is 0.700. The molecule has 3 N–H and O–H groups in total. The number of phenols is 1.